The third kappa shape index (κ3) is 5.78. The summed E-state index contributed by atoms with van der Waals surface area (Å²) < 4.78 is 133. The second kappa shape index (κ2) is 15.2. The zero-order valence-corrected chi connectivity index (χ0v) is 34.6. The molecule has 0 aliphatic carbocycles. The molecule has 0 radical (unpaired) electrons. The minimum Gasteiger partial charge on any atom is -0.309 e. The predicted octanol–water partition coefficient (Wildman–Crippen LogP) is 12.6. The van der Waals surface area contributed by atoms with Crippen molar-refractivity contribution in [2.75, 3.05) is 0 Å². The van der Waals surface area contributed by atoms with Gasteiger partial charge >= 0.3 is 0 Å². The first-order valence-electron chi connectivity index (χ1n) is 27.6. The van der Waals surface area contributed by atoms with Crippen LogP contribution < -0.4 is 20.7 Å². The van der Waals surface area contributed by atoms with Gasteiger partial charge in [0, 0.05) is 32.7 Å². The molecule has 63 heavy (non-hydrogen) atoms. The Kier molecular flexibility index (Phi) is 6.04. The van der Waals surface area contributed by atoms with Gasteiger partial charge < -0.3 is 9.13 Å². The number of rotatable bonds is 8. The highest BCUT2D eigenvalue weighted by Crippen LogP contribution is 2.44. The Morgan fingerprint density at radius 3 is 1.37 bits per heavy atom. The van der Waals surface area contributed by atoms with E-state index in [9.17, 15) is 6.85 Å². The van der Waals surface area contributed by atoms with E-state index in [2.05, 4.69) is 0 Å². The van der Waals surface area contributed by atoms with Gasteiger partial charge in [-0.25, -0.2) is 0 Å². The van der Waals surface area contributed by atoms with Crippen molar-refractivity contribution < 1.29 is 19.2 Å². The number of fused-ring (bicyclic) bond motifs is 6. The molecule has 0 aliphatic rings. The smallest absolute Gasteiger partial charge is 0.179 e. The van der Waals surface area contributed by atoms with Crippen LogP contribution in [-0.4, -0.2) is 17.2 Å². The molecule has 0 saturated carbocycles. The van der Waals surface area contributed by atoms with Crippen molar-refractivity contribution in [1.82, 2.24) is 9.13 Å². The molecule has 0 fully saturated rings. The lowest BCUT2D eigenvalue weighted by atomic mass is 9.95. The quantitative estimate of drug-likeness (QED) is 0.107. The SMILES string of the molecule is [2H]c1c([2H])c([2H])c(-c2cc([Si](c3ccccc3)(c3ccccc3)c3ccccc3)cc(-c3c([2H])c([2H])c([2H])c([2H])c3[2H])c2-n2c3ccccc3c3c(-n4c5ccccc5c5c([2H])c([2H])c([2H])c([2H])c54)cccc32)c([2H])c1[2H]. The minimum atomic E-state index is -3.69. The fourth-order valence-corrected chi connectivity index (χ4v) is 14.5. The highest BCUT2D eigenvalue weighted by Gasteiger charge is 2.42. The van der Waals surface area contributed by atoms with Crippen molar-refractivity contribution in [2.45, 2.75) is 0 Å². The summed E-state index contributed by atoms with van der Waals surface area (Å²) in [5.74, 6) is 0. The Balaban J connectivity index is 1.36. The van der Waals surface area contributed by atoms with Crippen LogP contribution in [0.25, 0.3) is 77.2 Å². The lowest BCUT2D eigenvalue weighted by Crippen LogP contribution is -2.74. The first-order chi connectivity index (χ1) is 37.1. The fourth-order valence-electron chi connectivity index (χ4n) is 9.65. The standard InChI is InChI=1S/C60H42N2Si/c1-6-23-43(24-7-1)52-41-48(63(45-27-10-3-11-28-45,46-29-12-4-13-30-46)47-31-14-5-15-32-47)42-53(44-25-8-2-9-26-44)60(52)62-56-38-21-18-35-51(56)59-57(39-22-40-58(59)62)61-54-36-19-16-33-49(54)50-34-17-20-37-55(50)61/h1-42H/i1D,2D,6D,7D,8D,9D,16D,19D,23D,24D,25D,26D,33D,36D. The third-order valence-corrected chi connectivity index (χ3v) is 16.9. The molecule has 0 unspecified atom stereocenters. The highest BCUT2D eigenvalue weighted by molar-refractivity contribution is 7.20. The average molecular weight is 833 g/mol. The van der Waals surface area contributed by atoms with Crippen LogP contribution in [0.3, 0.4) is 0 Å². The first-order valence-corrected chi connectivity index (χ1v) is 22.6. The summed E-state index contributed by atoms with van der Waals surface area (Å²) in [6.07, 6.45) is 0. The van der Waals surface area contributed by atoms with Gasteiger partial charge in [0.25, 0.3) is 0 Å². The largest absolute Gasteiger partial charge is 0.309 e. The summed E-state index contributed by atoms with van der Waals surface area (Å²) in [6, 6.07) is 46.8. The first kappa shape index (κ1) is 25.1. The molecule has 3 heteroatoms. The van der Waals surface area contributed by atoms with E-state index >= 15 is 0 Å². The monoisotopic (exact) mass is 832 g/mol. The van der Waals surface area contributed by atoms with Crippen LogP contribution in [0.15, 0.2) is 254 Å². The summed E-state index contributed by atoms with van der Waals surface area (Å²) in [6.45, 7) is 0. The Morgan fingerprint density at radius 1 is 0.333 bits per heavy atom. The van der Waals surface area contributed by atoms with E-state index in [1.54, 1.807) is 6.07 Å². The molecule has 0 atom stereocenters. The zero-order chi connectivity index (χ0) is 53.9. The normalized spacial score (nSPS) is 14.9. The van der Waals surface area contributed by atoms with Crippen molar-refractivity contribution in [3.63, 3.8) is 0 Å². The number of para-hydroxylation sites is 3. The molecule has 10 aromatic carbocycles. The zero-order valence-electron chi connectivity index (χ0n) is 47.6. The van der Waals surface area contributed by atoms with Gasteiger partial charge in [0.15, 0.2) is 8.07 Å². The van der Waals surface area contributed by atoms with Gasteiger partial charge in [-0.3, -0.25) is 0 Å². The van der Waals surface area contributed by atoms with E-state index in [1.807, 2.05) is 173 Å². The minimum absolute atomic E-state index is 0.125. The van der Waals surface area contributed by atoms with Gasteiger partial charge in [-0.05, 0) is 62.2 Å². The Labute approximate surface area is 387 Å². The molecule has 2 nitrogen and oxygen atoms in total. The molecule has 12 rings (SSSR count). The second-order valence-corrected chi connectivity index (χ2v) is 19.2. The van der Waals surface area contributed by atoms with Crippen molar-refractivity contribution in [2.24, 2.45) is 0 Å². The predicted molar refractivity (Wildman–Crippen MR) is 270 cm³/mol. The van der Waals surface area contributed by atoms with Crippen molar-refractivity contribution >= 4 is 72.4 Å². The van der Waals surface area contributed by atoms with Gasteiger partial charge in [-0.1, -0.05) is 224 Å². The maximum absolute atomic E-state index is 9.75. The van der Waals surface area contributed by atoms with Gasteiger partial charge in [0.1, 0.15) is 0 Å². The Bertz CT molecular complexity index is 4200. The lowest BCUT2D eigenvalue weighted by molar-refractivity contribution is 1.17. The topological polar surface area (TPSA) is 9.86 Å². The van der Waals surface area contributed by atoms with E-state index in [1.165, 1.54) is 0 Å². The number of aromatic nitrogens is 2. The van der Waals surface area contributed by atoms with Crippen LogP contribution in [-0.2, 0) is 0 Å². The van der Waals surface area contributed by atoms with Gasteiger partial charge in [0.05, 0.1) is 52.6 Å². The second-order valence-electron chi connectivity index (χ2n) is 15.4. The molecule has 0 aliphatic heterocycles. The maximum Gasteiger partial charge on any atom is 0.179 e. The molecule has 0 amide bonds. The van der Waals surface area contributed by atoms with Crippen molar-refractivity contribution in [3.05, 3.63) is 254 Å². The lowest BCUT2D eigenvalue weighted by Gasteiger charge is -2.36. The van der Waals surface area contributed by atoms with Gasteiger partial charge in [-0.2, -0.15) is 0 Å². The van der Waals surface area contributed by atoms with E-state index < -0.39 is 74.5 Å². The van der Waals surface area contributed by atoms with Gasteiger partial charge in [0.2, 0.25) is 0 Å². The van der Waals surface area contributed by atoms with Crippen molar-refractivity contribution in [3.8, 4) is 33.6 Å². The number of hydrogen-bond donors (Lipinski definition) is 0. The van der Waals surface area contributed by atoms with E-state index in [4.69, 9.17) is 12.3 Å². The molecule has 12 aromatic rings. The van der Waals surface area contributed by atoms with Crippen LogP contribution in [0, 0.1) is 0 Å². The third-order valence-electron chi connectivity index (χ3n) is 12.1. The number of nitrogens with zero attached hydrogens (tertiary/aromatic N) is 2. The van der Waals surface area contributed by atoms with E-state index in [0.29, 0.717) is 49.0 Å². The number of benzene rings is 10. The molecule has 0 N–H and O–H groups in total. The molecule has 0 bridgehead atoms. The molecular formula is C60H42N2Si. The maximum atomic E-state index is 9.75. The van der Waals surface area contributed by atoms with Crippen LogP contribution in [0.1, 0.15) is 19.2 Å². The fraction of sp³-hybridized carbons (Fsp3) is 0. The van der Waals surface area contributed by atoms with Gasteiger partial charge in [-0.15, -0.1) is 0 Å². The van der Waals surface area contributed by atoms with Crippen LogP contribution in [0.5, 0.6) is 0 Å². The summed E-state index contributed by atoms with van der Waals surface area (Å²) in [5, 5.41) is 5.53. The Hall–Kier alpha value is -7.98. The molecule has 0 spiro atoms. The van der Waals surface area contributed by atoms with Crippen LogP contribution in [0.4, 0.5) is 0 Å². The molecule has 2 aromatic heterocycles. The summed E-state index contributed by atoms with van der Waals surface area (Å²) >= 11 is 0. The van der Waals surface area contributed by atoms with E-state index in [-0.39, 0.29) is 51.6 Å². The van der Waals surface area contributed by atoms with Crippen molar-refractivity contribution in [1.29, 1.82) is 0 Å². The van der Waals surface area contributed by atoms with E-state index in [0.717, 1.165) is 15.6 Å². The van der Waals surface area contributed by atoms with Crippen LogP contribution >= 0.6 is 0 Å². The summed E-state index contributed by atoms with van der Waals surface area (Å²) in [4.78, 5) is 0. The molecule has 0 saturated heterocycles. The summed E-state index contributed by atoms with van der Waals surface area (Å²) in [5.41, 5.74) is 2.45. The number of hydrogen-bond acceptors (Lipinski definition) is 0. The highest BCUT2D eigenvalue weighted by atomic mass is 28.3. The molecule has 296 valence electrons. The Morgan fingerprint density at radius 2 is 0.794 bits per heavy atom. The van der Waals surface area contributed by atoms with Crippen LogP contribution in [0.2, 0.25) is 0 Å². The summed E-state index contributed by atoms with van der Waals surface area (Å²) in [7, 11) is -3.69. The average Bonchev–Trinajstić information content (AvgIpc) is 4.24. The molecular weight excluding hydrogens is 777 g/mol. The molecule has 2 heterocycles.